The number of hydrogen-bond donors (Lipinski definition) is 3. The monoisotopic (exact) mass is 327 g/mol. The molecule has 1 aromatic heterocycles. The van der Waals surface area contributed by atoms with Crippen molar-refractivity contribution < 1.29 is 9.53 Å². The number of amides is 1. The second-order valence-corrected chi connectivity index (χ2v) is 6.15. The summed E-state index contributed by atoms with van der Waals surface area (Å²) in [5, 5.41) is 2.71. The summed E-state index contributed by atoms with van der Waals surface area (Å²) >= 11 is 0. The summed E-state index contributed by atoms with van der Waals surface area (Å²) in [6, 6.07) is 10.9. The van der Waals surface area contributed by atoms with E-state index in [0.29, 0.717) is 11.5 Å². The van der Waals surface area contributed by atoms with E-state index in [1.165, 1.54) is 0 Å². The molecule has 5 N–H and O–H groups in total. The van der Waals surface area contributed by atoms with Crippen LogP contribution in [-0.4, -0.2) is 22.6 Å². The number of aliphatic imine (C=N–C) groups is 1. The second-order valence-electron chi connectivity index (χ2n) is 6.15. The highest BCUT2D eigenvalue weighted by Crippen LogP contribution is 2.24. The van der Waals surface area contributed by atoms with Gasteiger partial charge >= 0.3 is 6.09 Å². The molecule has 1 aromatic carbocycles. The quantitative estimate of drug-likeness (QED) is 0.592. The SMILES string of the molecule is CC(C)(C)OC(=O)Nc1cccc(-c2ccc(N=C(N)N)nc2)c1. The van der Waals surface area contributed by atoms with Crippen LogP contribution in [-0.2, 0) is 4.74 Å². The number of guanidine groups is 1. The fourth-order valence-corrected chi connectivity index (χ4v) is 1.95. The number of nitrogens with two attached hydrogens (primary N) is 2. The van der Waals surface area contributed by atoms with Crippen LogP contribution in [0.15, 0.2) is 47.6 Å². The number of anilines is 1. The van der Waals surface area contributed by atoms with Gasteiger partial charge in [-0.1, -0.05) is 12.1 Å². The Hall–Kier alpha value is -3.09. The Labute approximate surface area is 140 Å². The maximum atomic E-state index is 11.8. The number of rotatable bonds is 3. The number of benzene rings is 1. The minimum atomic E-state index is -0.549. The fourth-order valence-electron chi connectivity index (χ4n) is 1.95. The van der Waals surface area contributed by atoms with Crippen LogP contribution in [0.3, 0.4) is 0 Å². The van der Waals surface area contributed by atoms with Gasteiger partial charge in [-0.25, -0.2) is 9.78 Å². The molecule has 0 unspecified atom stereocenters. The molecule has 0 radical (unpaired) electrons. The van der Waals surface area contributed by atoms with Crippen LogP contribution in [0.2, 0.25) is 0 Å². The first-order chi connectivity index (χ1) is 11.2. The largest absolute Gasteiger partial charge is 0.444 e. The molecule has 1 amide bonds. The Morgan fingerprint density at radius 1 is 1.17 bits per heavy atom. The Kier molecular flexibility index (Phi) is 5.03. The van der Waals surface area contributed by atoms with Crippen LogP contribution in [0, 0.1) is 0 Å². The molecule has 7 nitrogen and oxygen atoms in total. The standard InChI is InChI=1S/C17H21N5O2/c1-17(2,3)24-16(23)21-13-6-4-5-11(9-13)12-7-8-14(20-10-12)22-15(18)19/h4-10H,1-3H3,(H,21,23)(H4,18,19,20,22). The Balaban J connectivity index is 2.15. The van der Waals surface area contributed by atoms with E-state index in [2.05, 4.69) is 15.3 Å². The lowest BCUT2D eigenvalue weighted by atomic mass is 10.1. The number of carbonyl (C=O) groups excluding carboxylic acids is 1. The zero-order chi connectivity index (χ0) is 17.7. The third-order valence-electron chi connectivity index (χ3n) is 2.83. The molecule has 7 heteroatoms. The molecule has 2 aromatic rings. The van der Waals surface area contributed by atoms with Gasteiger partial charge in [0.25, 0.3) is 0 Å². The highest BCUT2D eigenvalue weighted by molar-refractivity contribution is 5.86. The van der Waals surface area contributed by atoms with E-state index in [4.69, 9.17) is 16.2 Å². The van der Waals surface area contributed by atoms with Crippen LogP contribution in [0.1, 0.15) is 20.8 Å². The van der Waals surface area contributed by atoms with Crippen molar-refractivity contribution in [3.8, 4) is 11.1 Å². The van der Waals surface area contributed by atoms with E-state index in [0.717, 1.165) is 11.1 Å². The van der Waals surface area contributed by atoms with Gasteiger partial charge < -0.3 is 16.2 Å². The molecular weight excluding hydrogens is 306 g/mol. The van der Waals surface area contributed by atoms with Crippen molar-refractivity contribution in [2.75, 3.05) is 5.32 Å². The molecule has 0 fully saturated rings. The van der Waals surface area contributed by atoms with E-state index in [9.17, 15) is 4.79 Å². The van der Waals surface area contributed by atoms with Gasteiger partial charge in [-0.2, -0.15) is 4.99 Å². The number of hydrogen-bond acceptors (Lipinski definition) is 4. The lowest BCUT2D eigenvalue weighted by Crippen LogP contribution is -2.27. The lowest BCUT2D eigenvalue weighted by molar-refractivity contribution is 0.0636. The number of ether oxygens (including phenoxy) is 1. The first kappa shape index (κ1) is 17.3. The first-order valence-electron chi connectivity index (χ1n) is 7.39. The summed E-state index contributed by atoms with van der Waals surface area (Å²) < 4.78 is 5.24. The lowest BCUT2D eigenvalue weighted by Gasteiger charge is -2.19. The van der Waals surface area contributed by atoms with E-state index >= 15 is 0 Å². The highest BCUT2D eigenvalue weighted by Gasteiger charge is 2.16. The average molecular weight is 327 g/mol. The van der Waals surface area contributed by atoms with Crippen LogP contribution in [0.4, 0.5) is 16.3 Å². The molecule has 24 heavy (non-hydrogen) atoms. The Morgan fingerprint density at radius 2 is 1.92 bits per heavy atom. The van der Waals surface area contributed by atoms with Gasteiger partial charge in [0.05, 0.1) is 0 Å². The van der Waals surface area contributed by atoms with Crippen molar-refractivity contribution in [3.63, 3.8) is 0 Å². The molecule has 0 saturated heterocycles. The number of nitrogens with one attached hydrogen (secondary N) is 1. The third kappa shape index (κ3) is 5.28. The summed E-state index contributed by atoms with van der Waals surface area (Å²) in [6.45, 7) is 5.44. The zero-order valence-corrected chi connectivity index (χ0v) is 13.9. The number of pyridine rings is 1. The summed E-state index contributed by atoms with van der Waals surface area (Å²) in [4.78, 5) is 19.9. The molecule has 1 heterocycles. The van der Waals surface area contributed by atoms with E-state index in [-0.39, 0.29) is 5.96 Å². The van der Waals surface area contributed by atoms with Crippen LogP contribution < -0.4 is 16.8 Å². The number of nitrogens with zero attached hydrogens (tertiary/aromatic N) is 2. The molecule has 2 rings (SSSR count). The maximum absolute atomic E-state index is 11.8. The Morgan fingerprint density at radius 3 is 2.50 bits per heavy atom. The molecule has 0 aliphatic heterocycles. The van der Waals surface area contributed by atoms with Gasteiger partial charge in [0, 0.05) is 17.4 Å². The fraction of sp³-hybridized carbons (Fsp3) is 0.235. The topological polar surface area (TPSA) is 116 Å². The first-order valence-corrected chi connectivity index (χ1v) is 7.39. The third-order valence-corrected chi connectivity index (χ3v) is 2.83. The number of carbonyl (C=O) groups is 1. The molecule has 0 atom stereocenters. The van der Waals surface area contributed by atoms with Crippen molar-refractivity contribution in [2.24, 2.45) is 16.5 Å². The summed E-state index contributed by atoms with van der Waals surface area (Å²) in [7, 11) is 0. The van der Waals surface area contributed by atoms with Gasteiger partial charge in [-0.3, -0.25) is 5.32 Å². The predicted molar refractivity (Wildman–Crippen MR) is 95.0 cm³/mol. The van der Waals surface area contributed by atoms with E-state index in [1.807, 2.05) is 45.0 Å². The molecular formula is C17H21N5O2. The average Bonchev–Trinajstić information content (AvgIpc) is 2.45. The molecule has 0 bridgehead atoms. The molecule has 0 spiro atoms. The van der Waals surface area contributed by atoms with Crippen molar-refractivity contribution in [3.05, 3.63) is 42.6 Å². The summed E-state index contributed by atoms with van der Waals surface area (Å²) in [6.07, 6.45) is 1.16. The second kappa shape index (κ2) is 6.99. The van der Waals surface area contributed by atoms with Crippen LogP contribution in [0.25, 0.3) is 11.1 Å². The minimum Gasteiger partial charge on any atom is -0.444 e. The molecule has 0 aliphatic carbocycles. The van der Waals surface area contributed by atoms with Crippen molar-refractivity contribution >= 4 is 23.6 Å². The molecule has 0 aliphatic rings. The van der Waals surface area contributed by atoms with Gasteiger partial charge in [-0.15, -0.1) is 0 Å². The van der Waals surface area contributed by atoms with Crippen LogP contribution >= 0.6 is 0 Å². The van der Waals surface area contributed by atoms with Gasteiger partial charge in [0.2, 0.25) is 0 Å². The van der Waals surface area contributed by atoms with E-state index < -0.39 is 11.7 Å². The predicted octanol–water partition coefficient (Wildman–Crippen LogP) is 3.00. The normalized spacial score (nSPS) is 10.8. The molecule has 126 valence electrons. The number of aromatic nitrogens is 1. The van der Waals surface area contributed by atoms with Crippen molar-refractivity contribution in [1.29, 1.82) is 0 Å². The van der Waals surface area contributed by atoms with E-state index in [1.54, 1.807) is 18.3 Å². The summed E-state index contributed by atoms with van der Waals surface area (Å²) in [5.74, 6) is 0.389. The van der Waals surface area contributed by atoms with Crippen molar-refractivity contribution in [2.45, 2.75) is 26.4 Å². The highest BCUT2D eigenvalue weighted by atomic mass is 16.6. The maximum Gasteiger partial charge on any atom is 0.412 e. The minimum absolute atomic E-state index is 0.0428. The van der Waals surface area contributed by atoms with Gasteiger partial charge in [0.15, 0.2) is 11.8 Å². The van der Waals surface area contributed by atoms with Crippen LogP contribution in [0.5, 0.6) is 0 Å². The van der Waals surface area contributed by atoms with Crippen molar-refractivity contribution in [1.82, 2.24) is 4.98 Å². The summed E-state index contributed by atoms with van der Waals surface area (Å²) in [5.41, 5.74) is 12.5. The zero-order valence-electron chi connectivity index (χ0n) is 13.9. The Bertz CT molecular complexity index is 744. The smallest absolute Gasteiger partial charge is 0.412 e. The van der Waals surface area contributed by atoms with Gasteiger partial charge in [-0.05, 0) is 50.6 Å². The van der Waals surface area contributed by atoms with Gasteiger partial charge in [0.1, 0.15) is 5.60 Å². The molecule has 0 saturated carbocycles.